The Balaban J connectivity index is 0.000000880. The summed E-state index contributed by atoms with van der Waals surface area (Å²) in [7, 11) is 0. The summed E-state index contributed by atoms with van der Waals surface area (Å²) >= 11 is 0. The molecule has 144 valence electrons. The van der Waals surface area contributed by atoms with Gasteiger partial charge in [-0.05, 0) is 81.0 Å². The molecule has 0 aromatic carbocycles. The van der Waals surface area contributed by atoms with Gasteiger partial charge < -0.3 is 0 Å². The molecule has 0 aromatic rings. The van der Waals surface area contributed by atoms with Crippen molar-refractivity contribution in [3.63, 3.8) is 0 Å². The molecule has 4 rings (SSSR count). The average molecular weight is 358 g/mol. The Hall–Kier alpha value is -0.540. The first-order chi connectivity index (χ1) is 11.8. The summed E-state index contributed by atoms with van der Waals surface area (Å²) in [5, 5.41) is 0. The van der Waals surface area contributed by atoms with Crippen LogP contribution in [-0.2, 0) is 4.79 Å². The summed E-state index contributed by atoms with van der Waals surface area (Å²) in [6, 6.07) is 0. The third kappa shape index (κ3) is 3.16. The van der Waals surface area contributed by atoms with Gasteiger partial charge in [0.15, 0.2) is 0 Å². The van der Waals surface area contributed by atoms with Crippen LogP contribution in [0, 0.1) is 40.9 Å². The quantitative estimate of drug-likeness (QED) is 0.489. The molecule has 4 aliphatic carbocycles. The molecule has 0 amide bonds. The van der Waals surface area contributed by atoms with E-state index in [1.807, 2.05) is 13.8 Å². The van der Waals surface area contributed by atoms with Gasteiger partial charge in [-0.15, -0.1) is 0 Å². The summed E-state index contributed by atoms with van der Waals surface area (Å²) in [5.41, 5.74) is -0.114. The summed E-state index contributed by atoms with van der Waals surface area (Å²) in [6.07, 6.45) is 3.26. The molecule has 7 atom stereocenters. The van der Waals surface area contributed by atoms with Crippen molar-refractivity contribution >= 4 is 5.78 Å². The molecule has 0 bridgehead atoms. The van der Waals surface area contributed by atoms with Crippen molar-refractivity contribution in [1.82, 2.24) is 0 Å². The fourth-order valence-electron chi connectivity index (χ4n) is 6.92. The van der Waals surface area contributed by atoms with E-state index in [2.05, 4.69) is 6.92 Å². The van der Waals surface area contributed by atoms with Crippen LogP contribution in [0.4, 0.5) is 13.2 Å². The van der Waals surface area contributed by atoms with Crippen molar-refractivity contribution in [3.8, 4) is 0 Å². The standard InChI is InChI=1S/C19H27F3O.C2H6/c1-18-9-8-14-13-5-3-12(19(20,21)22)10-11(13)2-4-15(14)16(18)6-7-17(18)23;1-2/h11-16H,2-10H2,1H3;1-2H3/t11?,12?,13?,14?,15?,16?,18-;/m0./s1. The van der Waals surface area contributed by atoms with E-state index < -0.39 is 12.1 Å². The minimum absolute atomic E-state index is 0.114. The van der Waals surface area contributed by atoms with Gasteiger partial charge in [0.2, 0.25) is 0 Å². The molecule has 0 radical (unpaired) electrons. The highest BCUT2D eigenvalue weighted by Gasteiger charge is 2.57. The van der Waals surface area contributed by atoms with Crippen LogP contribution in [0.5, 0.6) is 0 Å². The van der Waals surface area contributed by atoms with Gasteiger partial charge in [-0.2, -0.15) is 13.2 Å². The van der Waals surface area contributed by atoms with E-state index in [1.165, 1.54) is 0 Å². The smallest absolute Gasteiger partial charge is 0.299 e. The SMILES string of the molecule is CC.C[C@]12CCC3C4CCC(C(F)(F)F)CC4CCC3C1CCC2=O. The van der Waals surface area contributed by atoms with Crippen LogP contribution in [0.1, 0.15) is 78.6 Å². The minimum atomic E-state index is -4.01. The van der Waals surface area contributed by atoms with E-state index in [1.54, 1.807) is 0 Å². The molecule has 0 heterocycles. The second-order valence-corrected chi connectivity index (χ2v) is 8.91. The predicted molar refractivity (Wildman–Crippen MR) is 93.0 cm³/mol. The van der Waals surface area contributed by atoms with Crippen LogP contribution in [0.15, 0.2) is 0 Å². The van der Waals surface area contributed by atoms with E-state index in [0.717, 1.165) is 44.9 Å². The Morgan fingerprint density at radius 2 is 1.60 bits per heavy atom. The highest BCUT2D eigenvalue weighted by Crippen LogP contribution is 2.62. The molecule has 0 spiro atoms. The number of hydrogen-bond acceptors (Lipinski definition) is 1. The molecule has 4 aliphatic rings. The third-order valence-corrected chi connectivity index (χ3v) is 8.13. The predicted octanol–water partition coefficient (Wildman–Crippen LogP) is 6.41. The summed E-state index contributed by atoms with van der Waals surface area (Å²) < 4.78 is 39.2. The Kier molecular flexibility index (Phi) is 5.30. The molecule has 6 unspecified atom stereocenters. The van der Waals surface area contributed by atoms with Crippen molar-refractivity contribution in [2.24, 2.45) is 40.9 Å². The van der Waals surface area contributed by atoms with Gasteiger partial charge in [-0.25, -0.2) is 0 Å². The first-order valence-corrected chi connectivity index (χ1v) is 10.4. The minimum Gasteiger partial charge on any atom is -0.299 e. The van der Waals surface area contributed by atoms with Gasteiger partial charge in [0.1, 0.15) is 5.78 Å². The first-order valence-electron chi connectivity index (χ1n) is 10.4. The van der Waals surface area contributed by atoms with Crippen LogP contribution in [0.3, 0.4) is 0 Å². The number of carbonyl (C=O) groups excluding carboxylic acids is 1. The number of Topliss-reactive ketones (excluding diaryl/α,β-unsaturated/α-hetero) is 1. The van der Waals surface area contributed by atoms with Crippen molar-refractivity contribution < 1.29 is 18.0 Å². The molecular weight excluding hydrogens is 325 g/mol. The fourth-order valence-corrected chi connectivity index (χ4v) is 6.92. The van der Waals surface area contributed by atoms with Gasteiger partial charge in [-0.1, -0.05) is 20.8 Å². The molecule has 4 saturated carbocycles. The lowest BCUT2D eigenvalue weighted by Crippen LogP contribution is -2.49. The number of ketones is 1. The van der Waals surface area contributed by atoms with E-state index in [4.69, 9.17) is 0 Å². The van der Waals surface area contributed by atoms with Gasteiger partial charge >= 0.3 is 6.18 Å². The van der Waals surface area contributed by atoms with E-state index in [9.17, 15) is 18.0 Å². The van der Waals surface area contributed by atoms with Gasteiger partial charge in [-0.3, -0.25) is 4.79 Å². The number of hydrogen-bond donors (Lipinski definition) is 0. The van der Waals surface area contributed by atoms with Crippen LogP contribution in [-0.4, -0.2) is 12.0 Å². The van der Waals surface area contributed by atoms with E-state index >= 15 is 0 Å². The van der Waals surface area contributed by atoms with Crippen molar-refractivity contribution in [2.45, 2.75) is 84.7 Å². The zero-order valence-corrected chi connectivity index (χ0v) is 15.9. The largest absolute Gasteiger partial charge is 0.391 e. The zero-order valence-electron chi connectivity index (χ0n) is 15.9. The van der Waals surface area contributed by atoms with Crippen LogP contribution >= 0.6 is 0 Å². The monoisotopic (exact) mass is 358 g/mol. The second kappa shape index (κ2) is 6.88. The zero-order chi connectivity index (χ0) is 18.4. The summed E-state index contributed by atoms with van der Waals surface area (Å²) in [5.74, 6) is 1.85. The van der Waals surface area contributed by atoms with E-state index in [0.29, 0.717) is 42.3 Å². The molecule has 4 heteroatoms. The van der Waals surface area contributed by atoms with Crippen molar-refractivity contribution in [1.29, 1.82) is 0 Å². The Morgan fingerprint density at radius 3 is 2.28 bits per heavy atom. The number of rotatable bonds is 0. The number of carbonyl (C=O) groups is 1. The maximum atomic E-state index is 13.1. The summed E-state index contributed by atoms with van der Waals surface area (Å²) in [4.78, 5) is 12.3. The number of halogens is 3. The topological polar surface area (TPSA) is 17.1 Å². The third-order valence-electron chi connectivity index (χ3n) is 8.13. The second-order valence-electron chi connectivity index (χ2n) is 8.91. The van der Waals surface area contributed by atoms with Crippen LogP contribution in [0.2, 0.25) is 0 Å². The normalized spacial score (nSPS) is 46.4. The maximum Gasteiger partial charge on any atom is 0.391 e. The van der Waals surface area contributed by atoms with Crippen LogP contribution in [0.25, 0.3) is 0 Å². The van der Waals surface area contributed by atoms with Crippen molar-refractivity contribution in [2.75, 3.05) is 0 Å². The highest BCUT2D eigenvalue weighted by molar-refractivity contribution is 5.87. The van der Waals surface area contributed by atoms with Crippen LogP contribution < -0.4 is 0 Å². The number of alkyl halides is 3. The molecule has 0 aromatic heterocycles. The molecule has 1 nitrogen and oxygen atoms in total. The van der Waals surface area contributed by atoms with Gasteiger partial charge in [0.25, 0.3) is 0 Å². The van der Waals surface area contributed by atoms with Gasteiger partial charge in [0.05, 0.1) is 5.92 Å². The molecule has 25 heavy (non-hydrogen) atoms. The Morgan fingerprint density at radius 1 is 0.920 bits per heavy atom. The summed E-state index contributed by atoms with van der Waals surface area (Å²) in [6.45, 7) is 6.16. The lowest BCUT2D eigenvalue weighted by atomic mass is 9.50. The molecule has 0 aliphatic heterocycles. The molecule has 4 fully saturated rings. The average Bonchev–Trinajstić information content (AvgIpc) is 2.90. The lowest BCUT2D eigenvalue weighted by Gasteiger charge is -2.55. The Labute approximate surface area is 150 Å². The fraction of sp³-hybridized carbons (Fsp3) is 0.952. The molecule has 0 saturated heterocycles. The molecular formula is C21H33F3O. The van der Waals surface area contributed by atoms with E-state index in [-0.39, 0.29) is 11.3 Å². The number of fused-ring (bicyclic) bond motifs is 5. The highest BCUT2D eigenvalue weighted by atomic mass is 19.4. The Bertz CT molecular complexity index is 500. The molecule has 0 N–H and O–H groups in total. The van der Waals surface area contributed by atoms with Crippen molar-refractivity contribution in [3.05, 3.63) is 0 Å². The van der Waals surface area contributed by atoms with Gasteiger partial charge in [0, 0.05) is 11.8 Å². The first kappa shape index (κ1) is 19.2. The lowest BCUT2D eigenvalue weighted by molar-refractivity contribution is -0.196. The maximum absolute atomic E-state index is 13.1.